The quantitative estimate of drug-likeness (QED) is 0.623. The maximum Gasteiger partial charge on any atom is 0.324 e. The van der Waals surface area contributed by atoms with E-state index < -0.39 is 11.5 Å². The Morgan fingerprint density at radius 3 is 2.83 bits per heavy atom. The van der Waals surface area contributed by atoms with Crippen molar-refractivity contribution in [1.29, 1.82) is 0 Å². The molecule has 12 heavy (non-hydrogen) atoms. The van der Waals surface area contributed by atoms with Crippen molar-refractivity contribution < 1.29 is 9.90 Å². The molecule has 1 aliphatic rings. The van der Waals surface area contributed by atoms with Crippen molar-refractivity contribution >= 4 is 5.97 Å². The Balaban J connectivity index is 2.69. The van der Waals surface area contributed by atoms with Crippen LogP contribution in [0.5, 0.6) is 0 Å². The van der Waals surface area contributed by atoms with Crippen molar-refractivity contribution in [3.63, 3.8) is 0 Å². The van der Waals surface area contributed by atoms with Gasteiger partial charge in [0.15, 0.2) is 0 Å². The fourth-order valence-electron chi connectivity index (χ4n) is 1.66. The van der Waals surface area contributed by atoms with Crippen molar-refractivity contribution in [2.45, 2.75) is 31.2 Å². The van der Waals surface area contributed by atoms with E-state index in [1.807, 2.05) is 0 Å². The monoisotopic (exact) mass is 169 g/mol. The lowest BCUT2D eigenvalue weighted by Gasteiger charge is -2.33. The van der Waals surface area contributed by atoms with Gasteiger partial charge in [0.1, 0.15) is 5.54 Å². The van der Waals surface area contributed by atoms with Crippen LogP contribution in [0.15, 0.2) is 12.7 Å². The Hall–Kier alpha value is -0.830. The van der Waals surface area contributed by atoms with E-state index in [-0.39, 0.29) is 0 Å². The first kappa shape index (κ1) is 9.26. The molecule has 1 rings (SSSR count). The molecule has 2 N–H and O–H groups in total. The molecule has 0 bridgehead atoms. The second-order valence-electron chi connectivity index (χ2n) is 3.26. The van der Waals surface area contributed by atoms with Crippen molar-refractivity contribution in [3.05, 3.63) is 12.7 Å². The molecular weight excluding hydrogens is 154 g/mol. The van der Waals surface area contributed by atoms with Crippen LogP contribution in [-0.2, 0) is 4.79 Å². The van der Waals surface area contributed by atoms with Gasteiger partial charge < -0.3 is 10.4 Å². The van der Waals surface area contributed by atoms with E-state index in [1.54, 1.807) is 6.08 Å². The molecule has 0 saturated carbocycles. The van der Waals surface area contributed by atoms with Crippen LogP contribution in [0.4, 0.5) is 0 Å². The highest BCUT2D eigenvalue weighted by atomic mass is 16.4. The standard InChI is InChI=1S/C9H15NO2/c1-2-5-9(8(11)12)6-3-4-7-10-9/h2,10H,1,3-7H2,(H,11,12). The normalized spacial score (nSPS) is 29.7. The summed E-state index contributed by atoms with van der Waals surface area (Å²) >= 11 is 0. The van der Waals surface area contributed by atoms with E-state index in [4.69, 9.17) is 5.11 Å². The molecule has 1 heterocycles. The third-order valence-corrected chi connectivity index (χ3v) is 2.40. The predicted octanol–water partition coefficient (Wildman–Crippen LogP) is 1.16. The van der Waals surface area contributed by atoms with Crippen molar-refractivity contribution in [2.24, 2.45) is 0 Å². The summed E-state index contributed by atoms with van der Waals surface area (Å²) < 4.78 is 0. The average Bonchev–Trinajstić information content (AvgIpc) is 2.06. The maximum atomic E-state index is 11.0. The van der Waals surface area contributed by atoms with E-state index in [9.17, 15) is 4.79 Å². The van der Waals surface area contributed by atoms with Crippen LogP contribution in [0.2, 0.25) is 0 Å². The van der Waals surface area contributed by atoms with Gasteiger partial charge in [-0.3, -0.25) is 4.79 Å². The third kappa shape index (κ3) is 1.67. The van der Waals surface area contributed by atoms with Crippen LogP contribution in [0.25, 0.3) is 0 Å². The molecule has 0 spiro atoms. The van der Waals surface area contributed by atoms with E-state index >= 15 is 0 Å². The predicted molar refractivity (Wildman–Crippen MR) is 47.0 cm³/mol. The van der Waals surface area contributed by atoms with E-state index in [0.717, 1.165) is 19.4 Å². The Labute approximate surface area is 72.5 Å². The molecule has 0 aromatic heterocycles. The summed E-state index contributed by atoms with van der Waals surface area (Å²) in [5, 5.41) is 12.1. The first-order valence-electron chi connectivity index (χ1n) is 4.30. The smallest absolute Gasteiger partial charge is 0.324 e. The fourth-order valence-corrected chi connectivity index (χ4v) is 1.66. The minimum Gasteiger partial charge on any atom is -0.480 e. The summed E-state index contributed by atoms with van der Waals surface area (Å²) in [7, 11) is 0. The Morgan fingerprint density at radius 1 is 1.67 bits per heavy atom. The summed E-state index contributed by atoms with van der Waals surface area (Å²) in [6, 6.07) is 0. The number of carbonyl (C=O) groups is 1. The number of piperidine rings is 1. The van der Waals surface area contributed by atoms with Crippen molar-refractivity contribution in [1.82, 2.24) is 5.32 Å². The lowest BCUT2D eigenvalue weighted by atomic mass is 9.86. The number of carboxylic acids is 1. The molecular formula is C9H15NO2. The highest BCUT2D eigenvalue weighted by Crippen LogP contribution is 2.23. The molecule has 0 radical (unpaired) electrons. The summed E-state index contributed by atoms with van der Waals surface area (Å²) in [4.78, 5) is 11.0. The molecule has 0 amide bonds. The zero-order valence-corrected chi connectivity index (χ0v) is 7.18. The van der Waals surface area contributed by atoms with Gasteiger partial charge in [0.2, 0.25) is 0 Å². The lowest BCUT2D eigenvalue weighted by molar-refractivity contribution is -0.145. The summed E-state index contributed by atoms with van der Waals surface area (Å²) in [5.41, 5.74) is -0.722. The molecule has 1 atom stereocenters. The minimum absolute atomic E-state index is 0.516. The van der Waals surface area contributed by atoms with Crippen molar-refractivity contribution in [2.75, 3.05) is 6.54 Å². The zero-order chi connectivity index (χ0) is 9.03. The molecule has 3 heteroatoms. The topological polar surface area (TPSA) is 49.3 Å². The van der Waals surface area contributed by atoms with Crippen LogP contribution in [0, 0.1) is 0 Å². The number of hydrogen-bond donors (Lipinski definition) is 2. The van der Waals surface area contributed by atoms with Gasteiger partial charge >= 0.3 is 5.97 Å². The van der Waals surface area contributed by atoms with Gasteiger partial charge in [0.05, 0.1) is 0 Å². The number of rotatable bonds is 3. The van der Waals surface area contributed by atoms with Crippen molar-refractivity contribution in [3.8, 4) is 0 Å². The number of carboxylic acid groups (broad SMARTS) is 1. The van der Waals surface area contributed by atoms with Gasteiger partial charge in [-0.15, -0.1) is 6.58 Å². The highest BCUT2D eigenvalue weighted by Gasteiger charge is 2.37. The van der Waals surface area contributed by atoms with Crippen LogP contribution in [-0.4, -0.2) is 23.2 Å². The molecule has 0 aliphatic carbocycles. The zero-order valence-electron chi connectivity index (χ0n) is 7.18. The van der Waals surface area contributed by atoms with E-state index in [2.05, 4.69) is 11.9 Å². The summed E-state index contributed by atoms with van der Waals surface area (Å²) in [6.45, 7) is 4.38. The number of nitrogens with one attached hydrogen (secondary N) is 1. The Kier molecular flexibility index (Phi) is 2.87. The van der Waals surface area contributed by atoms with Crippen LogP contribution in [0.3, 0.4) is 0 Å². The number of hydrogen-bond acceptors (Lipinski definition) is 2. The van der Waals surface area contributed by atoms with Gasteiger partial charge in [-0.2, -0.15) is 0 Å². The molecule has 68 valence electrons. The molecule has 0 aromatic carbocycles. The van der Waals surface area contributed by atoms with Gasteiger partial charge in [-0.1, -0.05) is 6.08 Å². The molecule has 0 aromatic rings. The van der Waals surface area contributed by atoms with Gasteiger partial charge in [0, 0.05) is 0 Å². The molecule has 1 fully saturated rings. The molecule has 1 saturated heterocycles. The second-order valence-corrected chi connectivity index (χ2v) is 3.26. The van der Waals surface area contributed by atoms with Gasteiger partial charge in [-0.25, -0.2) is 0 Å². The van der Waals surface area contributed by atoms with Gasteiger partial charge in [-0.05, 0) is 32.2 Å². The Bertz CT molecular complexity index is 183. The average molecular weight is 169 g/mol. The third-order valence-electron chi connectivity index (χ3n) is 2.40. The van der Waals surface area contributed by atoms with E-state index in [1.165, 1.54) is 0 Å². The lowest BCUT2D eigenvalue weighted by Crippen LogP contribution is -2.54. The first-order chi connectivity index (χ1) is 5.71. The highest BCUT2D eigenvalue weighted by molar-refractivity contribution is 5.79. The summed E-state index contributed by atoms with van der Waals surface area (Å²) in [6.07, 6.45) is 4.97. The first-order valence-corrected chi connectivity index (χ1v) is 4.30. The summed E-state index contributed by atoms with van der Waals surface area (Å²) in [5.74, 6) is -0.748. The van der Waals surface area contributed by atoms with Gasteiger partial charge in [0.25, 0.3) is 0 Å². The molecule has 1 aliphatic heterocycles. The maximum absolute atomic E-state index is 11.0. The van der Waals surface area contributed by atoms with Crippen LogP contribution < -0.4 is 5.32 Å². The SMILES string of the molecule is C=CCC1(C(=O)O)CCCCN1. The largest absolute Gasteiger partial charge is 0.480 e. The Morgan fingerprint density at radius 2 is 2.42 bits per heavy atom. The second kappa shape index (κ2) is 3.72. The van der Waals surface area contributed by atoms with E-state index in [0.29, 0.717) is 12.8 Å². The number of aliphatic carboxylic acids is 1. The minimum atomic E-state index is -0.748. The molecule has 3 nitrogen and oxygen atoms in total. The van der Waals surface area contributed by atoms with Crippen LogP contribution >= 0.6 is 0 Å². The molecule has 1 unspecified atom stereocenters. The fraction of sp³-hybridized carbons (Fsp3) is 0.667. The van der Waals surface area contributed by atoms with Crippen LogP contribution in [0.1, 0.15) is 25.7 Å².